The van der Waals surface area contributed by atoms with Crippen molar-refractivity contribution in [2.45, 2.75) is 25.7 Å². The first-order valence-corrected chi connectivity index (χ1v) is 4.62. The van der Waals surface area contributed by atoms with Gasteiger partial charge in [0.1, 0.15) is 0 Å². The number of hydrogen-bond donors (Lipinski definition) is 0. The highest BCUT2D eigenvalue weighted by Crippen LogP contribution is 2.45. The second kappa shape index (κ2) is 2.89. The van der Waals surface area contributed by atoms with Gasteiger partial charge in [-0.2, -0.15) is 0 Å². The monoisotopic (exact) mass is 162 g/mol. The molecule has 2 bridgehead atoms. The van der Waals surface area contributed by atoms with Gasteiger partial charge in [0.15, 0.2) is 5.78 Å². The summed E-state index contributed by atoms with van der Waals surface area (Å²) in [4.78, 5) is 11.1. The molecule has 0 saturated heterocycles. The molecule has 2 unspecified atom stereocenters. The summed E-state index contributed by atoms with van der Waals surface area (Å²) in [5, 5.41) is 0. The zero-order valence-electron chi connectivity index (χ0n) is 7.25. The van der Waals surface area contributed by atoms with E-state index in [1.165, 1.54) is 25.3 Å². The fourth-order valence-corrected chi connectivity index (χ4v) is 2.43. The maximum atomic E-state index is 11.1. The average molecular weight is 162 g/mol. The number of allylic oxidation sites excluding steroid dienone is 3. The van der Waals surface area contributed by atoms with Gasteiger partial charge in [-0.25, -0.2) is 0 Å². The maximum absolute atomic E-state index is 11.1. The molecule has 0 N–H and O–H groups in total. The third kappa shape index (κ3) is 1.24. The van der Waals surface area contributed by atoms with E-state index in [2.05, 4.69) is 12.7 Å². The minimum Gasteiger partial charge on any atom is -0.295 e. The predicted molar refractivity (Wildman–Crippen MR) is 48.7 cm³/mol. The summed E-state index contributed by atoms with van der Waals surface area (Å²) >= 11 is 0. The molecule has 0 spiro atoms. The fraction of sp³-hybridized carbons (Fsp3) is 0.545. The van der Waals surface area contributed by atoms with Crippen LogP contribution >= 0.6 is 0 Å². The first kappa shape index (κ1) is 7.78. The van der Waals surface area contributed by atoms with E-state index in [1.807, 2.05) is 0 Å². The van der Waals surface area contributed by atoms with Crippen molar-refractivity contribution in [2.75, 3.05) is 0 Å². The molecule has 1 heteroatoms. The van der Waals surface area contributed by atoms with E-state index in [1.54, 1.807) is 5.57 Å². The van der Waals surface area contributed by atoms with Crippen LogP contribution in [0.2, 0.25) is 0 Å². The second-order valence-corrected chi connectivity index (χ2v) is 3.90. The Morgan fingerprint density at radius 3 is 3.00 bits per heavy atom. The molecule has 0 radical (unpaired) electrons. The van der Waals surface area contributed by atoms with Crippen molar-refractivity contribution < 1.29 is 4.79 Å². The van der Waals surface area contributed by atoms with E-state index in [0.717, 1.165) is 12.3 Å². The summed E-state index contributed by atoms with van der Waals surface area (Å²) < 4.78 is 0. The van der Waals surface area contributed by atoms with Crippen molar-refractivity contribution in [1.82, 2.24) is 0 Å². The van der Waals surface area contributed by atoms with Crippen molar-refractivity contribution in [3.8, 4) is 0 Å². The smallest absolute Gasteiger partial charge is 0.155 e. The number of hydrogen-bond acceptors (Lipinski definition) is 1. The Labute approximate surface area is 73.2 Å². The van der Waals surface area contributed by atoms with Gasteiger partial charge in [-0.3, -0.25) is 4.79 Å². The molecule has 1 fully saturated rings. The van der Waals surface area contributed by atoms with Crippen LogP contribution in [0.4, 0.5) is 0 Å². The third-order valence-corrected chi connectivity index (χ3v) is 3.12. The van der Waals surface area contributed by atoms with Crippen molar-refractivity contribution in [3.05, 3.63) is 24.3 Å². The lowest BCUT2D eigenvalue weighted by Crippen LogP contribution is -2.11. The first-order chi connectivity index (χ1) is 5.79. The first-order valence-electron chi connectivity index (χ1n) is 4.62. The average Bonchev–Trinajstić information content (AvgIpc) is 2.64. The van der Waals surface area contributed by atoms with Crippen LogP contribution in [-0.2, 0) is 4.79 Å². The van der Waals surface area contributed by atoms with Crippen molar-refractivity contribution in [1.29, 1.82) is 0 Å². The minimum absolute atomic E-state index is 0.216. The molecule has 12 heavy (non-hydrogen) atoms. The van der Waals surface area contributed by atoms with Crippen LogP contribution in [0.15, 0.2) is 24.3 Å². The third-order valence-electron chi connectivity index (χ3n) is 3.12. The van der Waals surface area contributed by atoms with E-state index in [-0.39, 0.29) is 5.78 Å². The SMILES string of the molecule is C=CC(=O)CC1CC2=CCC1C2. The van der Waals surface area contributed by atoms with Gasteiger partial charge < -0.3 is 0 Å². The molecule has 2 aliphatic carbocycles. The van der Waals surface area contributed by atoms with E-state index in [0.29, 0.717) is 5.92 Å². The van der Waals surface area contributed by atoms with Gasteiger partial charge in [0, 0.05) is 6.42 Å². The van der Waals surface area contributed by atoms with Gasteiger partial charge in [0.05, 0.1) is 0 Å². The lowest BCUT2D eigenvalue weighted by molar-refractivity contribution is -0.115. The van der Waals surface area contributed by atoms with Crippen LogP contribution in [0.1, 0.15) is 25.7 Å². The molecule has 2 atom stereocenters. The number of rotatable bonds is 3. The molecule has 1 saturated carbocycles. The van der Waals surface area contributed by atoms with Crippen molar-refractivity contribution >= 4 is 5.78 Å². The van der Waals surface area contributed by atoms with Crippen LogP contribution in [0.25, 0.3) is 0 Å². The number of carbonyl (C=O) groups is 1. The van der Waals surface area contributed by atoms with E-state index >= 15 is 0 Å². The van der Waals surface area contributed by atoms with Crippen molar-refractivity contribution in [2.24, 2.45) is 11.8 Å². The summed E-state index contributed by atoms with van der Waals surface area (Å²) in [6, 6.07) is 0. The molecule has 0 aromatic heterocycles. The maximum Gasteiger partial charge on any atom is 0.155 e. The van der Waals surface area contributed by atoms with Crippen LogP contribution in [0, 0.1) is 11.8 Å². The normalized spacial score (nSPS) is 31.8. The predicted octanol–water partition coefficient (Wildman–Crippen LogP) is 2.49. The van der Waals surface area contributed by atoms with E-state index < -0.39 is 0 Å². The summed E-state index contributed by atoms with van der Waals surface area (Å²) in [5.74, 6) is 1.63. The van der Waals surface area contributed by atoms with Crippen molar-refractivity contribution in [3.63, 3.8) is 0 Å². The molecular formula is C11H14O. The fourth-order valence-electron chi connectivity index (χ4n) is 2.43. The van der Waals surface area contributed by atoms with Gasteiger partial charge in [-0.1, -0.05) is 18.2 Å². The quantitative estimate of drug-likeness (QED) is 0.460. The van der Waals surface area contributed by atoms with Gasteiger partial charge in [-0.15, -0.1) is 0 Å². The highest BCUT2D eigenvalue weighted by molar-refractivity contribution is 5.89. The lowest BCUT2D eigenvalue weighted by Gasteiger charge is -2.16. The Kier molecular flexibility index (Phi) is 1.87. The Bertz CT molecular complexity index is 250. The molecule has 0 aromatic carbocycles. The van der Waals surface area contributed by atoms with Crippen LogP contribution in [-0.4, -0.2) is 5.78 Å². The molecule has 0 heterocycles. The number of fused-ring (bicyclic) bond motifs is 2. The van der Waals surface area contributed by atoms with Gasteiger partial charge in [-0.05, 0) is 37.2 Å². The molecule has 0 amide bonds. The largest absolute Gasteiger partial charge is 0.295 e. The lowest BCUT2D eigenvalue weighted by atomic mass is 9.88. The summed E-state index contributed by atoms with van der Waals surface area (Å²) in [6.07, 6.45) is 8.18. The molecule has 2 aliphatic rings. The molecule has 0 aromatic rings. The molecule has 1 nitrogen and oxygen atoms in total. The standard InChI is InChI=1S/C11H14O/c1-2-11(12)7-10-6-8-3-4-9(10)5-8/h2-3,9-10H,1,4-7H2. The second-order valence-electron chi connectivity index (χ2n) is 3.90. The molecule has 0 aliphatic heterocycles. The summed E-state index contributed by atoms with van der Waals surface area (Å²) in [5.41, 5.74) is 1.59. The van der Waals surface area contributed by atoms with Gasteiger partial charge >= 0.3 is 0 Å². The number of ketones is 1. The minimum atomic E-state index is 0.216. The van der Waals surface area contributed by atoms with Crippen LogP contribution in [0.5, 0.6) is 0 Å². The zero-order valence-corrected chi connectivity index (χ0v) is 7.25. The Hall–Kier alpha value is -0.850. The number of carbonyl (C=O) groups excluding carboxylic acids is 1. The highest BCUT2D eigenvalue weighted by atomic mass is 16.1. The van der Waals surface area contributed by atoms with Crippen LogP contribution < -0.4 is 0 Å². The topological polar surface area (TPSA) is 17.1 Å². The van der Waals surface area contributed by atoms with E-state index in [4.69, 9.17) is 0 Å². The molecular weight excluding hydrogens is 148 g/mol. The Balaban J connectivity index is 1.95. The van der Waals surface area contributed by atoms with E-state index in [9.17, 15) is 4.79 Å². The Morgan fingerprint density at radius 2 is 2.50 bits per heavy atom. The van der Waals surface area contributed by atoms with Crippen LogP contribution in [0.3, 0.4) is 0 Å². The Morgan fingerprint density at radius 1 is 1.67 bits per heavy atom. The summed E-state index contributed by atoms with van der Waals surface area (Å²) in [6.45, 7) is 3.50. The van der Waals surface area contributed by atoms with Gasteiger partial charge in [0.25, 0.3) is 0 Å². The molecule has 2 rings (SSSR count). The molecule has 64 valence electrons. The zero-order chi connectivity index (χ0) is 8.55. The highest BCUT2D eigenvalue weighted by Gasteiger charge is 2.34. The summed E-state index contributed by atoms with van der Waals surface area (Å²) in [7, 11) is 0. The van der Waals surface area contributed by atoms with Gasteiger partial charge in [0.2, 0.25) is 0 Å².